The quantitative estimate of drug-likeness (QED) is 0.262. The number of rotatable bonds is 11. The molecule has 1 aromatic carbocycles. The monoisotopic (exact) mass is 606 g/mol. The molecule has 0 spiro atoms. The van der Waals surface area contributed by atoms with E-state index in [0.717, 1.165) is 46.3 Å². The molecule has 1 aliphatic rings. The lowest BCUT2D eigenvalue weighted by Gasteiger charge is -2.35. The summed E-state index contributed by atoms with van der Waals surface area (Å²) in [6.45, 7) is 8.01. The van der Waals surface area contributed by atoms with Crippen LogP contribution in [0.2, 0.25) is 0 Å². The Labute approximate surface area is 237 Å². The average molecular weight is 608 g/mol. The molecule has 0 saturated carbocycles. The Bertz CT molecular complexity index is 1100. The lowest BCUT2D eigenvalue weighted by atomic mass is 9.85. The maximum Gasteiger partial charge on any atom is 0.246 e. The van der Waals surface area contributed by atoms with Gasteiger partial charge in [-0.25, -0.2) is 4.98 Å². The van der Waals surface area contributed by atoms with Gasteiger partial charge in [-0.2, -0.15) is 0 Å². The van der Waals surface area contributed by atoms with Crippen LogP contribution in [-0.2, 0) is 20.9 Å². The van der Waals surface area contributed by atoms with Crippen LogP contribution >= 0.6 is 27.3 Å². The lowest BCUT2D eigenvalue weighted by molar-refractivity contribution is -0.144. The number of carbonyl (C=O) groups is 3. The highest BCUT2D eigenvalue weighted by Gasteiger charge is 2.44. The van der Waals surface area contributed by atoms with Gasteiger partial charge in [-0.05, 0) is 36.3 Å². The molecule has 1 saturated heterocycles. The maximum absolute atomic E-state index is 13.6. The van der Waals surface area contributed by atoms with Gasteiger partial charge in [0, 0.05) is 31.3 Å². The van der Waals surface area contributed by atoms with Gasteiger partial charge in [-0.3, -0.25) is 14.4 Å². The molecule has 10 heteroatoms. The molecule has 38 heavy (non-hydrogen) atoms. The molecule has 1 aliphatic heterocycles. The number of likely N-dealkylation sites (tertiary alicyclic amines) is 1. The van der Waals surface area contributed by atoms with E-state index in [9.17, 15) is 19.5 Å². The Morgan fingerprint density at radius 1 is 1.18 bits per heavy atom. The standard InChI is InChI=1S/C28H39BrN4O4S/c1-18-24(38-17-31-18)20-11-9-19(10-12-20)15-30-26(36)22-14-21(34)16-33(22)27(37)25(28(2,3)4)32-23(35)8-6-5-7-13-29/h9-12,17,21-22,25,34H,5-8,13-16H2,1-4H3,(H,30,36)(H,32,35). The Balaban J connectivity index is 1.63. The number of β-amino-alcohol motifs (C(OH)–C–C–N with tert-alkyl or cyclic N) is 1. The molecule has 3 atom stereocenters. The molecule has 3 rings (SSSR count). The van der Waals surface area contributed by atoms with Crippen molar-refractivity contribution in [1.29, 1.82) is 0 Å². The van der Waals surface area contributed by atoms with E-state index in [4.69, 9.17) is 0 Å². The predicted octanol–water partition coefficient (Wildman–Crippen LogP) is 4.18. The summed E-state index contributed by atoms with van der Waals surface area (Å²) < 4.78 is 0. The molecule has 3 amide bonds. The summed E-state index contributed by atoms with van der Waals surface area (Å²) in [5.74, 6) is -0.830. The minimum atomic E-state index is -0.797. The van der Waals surface area contributed by atoms with Crippen molar-refractivity contribution in [1.82, 2.24) is 20.5 Å². The van der Waals surface area contributed by atoms with Gasteiger partial charge in [-0.15, -0.1) is 11.3 Å². The number of amides is 3. The lowest BCUT2D eigenvalue weighted by Crippen LogP contribution is -2.57. The van der Waals surface area contributed by atoms with Crippen molar-refractivity contribution in [3.63, 3.8) is 0 Å². The van der Waals surface area contributed by atoms with Crippen molar-refractivity contribution in [3.8, 4) is 10.4 Å². The van der Waals surface area contributed by atoms with Crippen LogP contribution in [0.15, 0.2) is 29.8 Å². The number of thiazole rings is 1. The topological polar surface area (TPSA) is 112 Å². The molecule has 0 aliphatic carbocycles. The van der Waals surface area contributed by atoms with E-state index in [1.807, 2.05) is 57.5 Å². The van der Waals surface area contributed by atoms with Crippen molar-refractivity contribution in [2.75, 3.05) is 11.9 Å². The van der Waals surface area contributed by atoms with Gasteiger partial charge in [0.1, 0.15) is 12.1 Å². The molecule has 1 fully saturated rings. The third kappa shape index (κ3) is 8.10. The highest BCUT2D eigenvalue weighted by molar-refractivity contribution is 9.09. The zero-order valence-corrected chi connectivity index (χ0v) is 25.0. The zero-order chi connectivity index (χ0) is 27.9. The maximum atomic E-state index is 13.6. The smallest absolute Gasteiger partial charge is 0.246 e. The first-order valence-electron chi connectivity index (χ1n) is 13.1. The number of nitrogens with zero attached hydrogens (tertiary/aromatic N) is 2. The summed E-state index contributed by atoms with van der Waals surface area (Å²) in [7, 11) is 0. The second kappa shape index (κ2) is 13.7. The van der Waals surface area contributed by atoms with Gasteiger partial charge in [0.05, 0.1) is 22.2 Å². The number of aromatic nitrogens is 1. The van der Waals surface area contributed by atoms with Crippen LogP contribution < -0.4 is 10.6 Å². The number of carbonyl (C=O) groups excluding carboxylic acids is 3. The number of unbranched alkanes of at least 4 members (excludes halogenated alkanes) is 2. The molecule has 2 heterocycles. The minimum Gasteiger partial charge on any atom is -0.391 e. The van der Waals surface area contributed by atoms with Crippen LogP contribution in [0.1, 0.15) is 64.1 Å². The van der Waals surface area contributed by atoms with E-state index in [1.165, 1.54) is 4.90 Å². The number of hydrogen-bond donors (Lipinski definition) is 3. The van der Waals surface area contributed by atoms with Crippen LogP contribution in [0.5, 0.6) is 0 Å². The first-order chi connectivity index (χ1) is 18.0. The highest BCUT2D eigenvalue weighted by atomic mass is 79.9. The number of aliphatic hydroxyl groups excluding tert-OH is 1. The molecule has 3 unspecified atom stereocenters. The predicted molar refractivity (Wildman–Crippen MR) is 154 cm³/mol. The van der Waals surface area contributed by atoms with Crippen LogP contribution in [0.4, 0.5) is 0 Å². The molecule has 0 radical (unpaired) electrons. The Kier molecular flexibility index (Phi) is 10.9. The van der Waals surface area contributed by atoms with Crippen molar-refractivity contribution >= 4 is 45.0 Å². The fraction of sp³-hybridized carbons (Fsp3) is 0.571. The fourth-order valence-electron chi connectivity index (χ4n) is 4.57. The number of nitrogens with one attached hydrogen (secondary N) is 2. The van der Waals surface area contributed by atoms with Crippen LogP contribution in [0, 0.1) is 12.3 Å². The SMILES string of the molecule is Cc1ncsc1-c1ccc(CNC(=O)C2CC(O)CN2C(=O)C(NC(=O)CCCCCBr)C(C)(C)C)cc1. The van der Waals surface area contributed by atoms with Crippen LogP contribution in [0.3, 0.4) is 0 Å². The molecule has 208 valence electrons. The van der Waals surface area contributed by atoms with Gasteiger partial charge < -0.3 is 20.6 Å². The van der Waals surface area contributed by atoms with Gasteiger partial charge in [0.2, 0.25) is 17.7 Å². The van der Waals surface area contributed by atoms with Crippen LogP contribution in [-0.4, -0.2) is 62.8 Å². The number of aliphatic hydroxyl groups is 1. The number of hydrogen-bond acceptors (Lipinski definition) is 6. The number of alkyl halides is 1. The second-order valence-corrected chi connectivity index (χ2v) is 12.6. The van der Waals surface area contributed by atoms with E-state index in [0.29, 0.717) is 13.0 Å². The van der Waals surface area contributed by atoms with Crippen molar-refractivity contribution in [2.24, 2.45) is 5.41 Å². The number of benzene rings is 1. The van der Waals surface area contributed by atoms with Gasteiger partial charge in [-0.1, -0.05) is 67.4 Å². The summed E-state index contributed by atoms with van der Waals surface area (Å²) in [6, 6.07) is 6.35. The summed E-state index contributed by atoms with van der Waals surface area (Å²) in [5, 5.41) is 17.1. The highest BCUT2D eigenvalue weighted by Crippen LogP contribution is 2.28. The molecule has 8 nitrogen and oxygen atoms in total. The van der Waals surface area contributed by atoms with Gasteiger partial charge >= 0.3 is 0 Å². The summed E-state index contributed by atoms with van der Waals surface area (Å²) in [6.07, 6.45) is 2.39. The van der Waals surface area contributed by atoms with E-state index < -0.39 is 23.6 Å². The second-order valence-electron chi connectivity index (χ2n) is 10.9. The summed E-state index contributed by atoms with van der Waals surface area (Å²) in [5.41, 5.74) is 4.26. The van der Waals surface area contributed by atoms with Crippen molar-refractivity contribution in [2.45, 2.75) is 84.5 Å². The van der Waals surface area contributed by atoms with Gasteiger partial charge in [0.25, 0.3) is 0 Å². The van der Waals surface area contributed by atoms with Crippen LogP contribution in [0.25, 0.3) is 10.4 Å². The first kappa shape index (κ1) is 30.2. The van der Waals surface area contributed by atoms with E-state index in [2.05, 4.69) is 31.5 Å². The van der Waals surface area contributed by atoms with Crippen molar-refractivity contribution in [3.05, 3.63) is 41.0 Å². The third-order valence-corrected chi connectivity index (χ3v) is 8.29. The normalized spacial score (nSPS) is 18.3. The summed E-state index contributed by atoms with van der Waals surface area (Å²) in [4.78, 5) is 46.2. The number of aryl methyl sites for hydroxylation is 1. The van der Waals surface area contributed by atoms with Crippen molar-refractivity contribution < 1.29 is 19.5 Å². The molecular weight excluding hydrogens is 568 g/mol. The number of halogens is 1. The average Bonchev–Trinajstić information content (AvgIpc) is 3.48. The van der Waals surface area contributed by atoms with E-state index in [1.54, 1.807) is 11.3 Å². The third-order valence-electron chi connectivity index (χ3n) is 6.75. The Hall–Kier alpha value is -2.30. The molecule has 3 N–H and O–H groups in total. The molecular formula is C28H39BrN4O4S. The Morgan fingerprint density at radius 2 is 1.89 bits per heavy atom. The van der Waals surface area contributed by atoms with Gasteiger partial charge in [0.15, 0.2) is 0 Å². The van der Waals surface area contributed by atoms with E-state index >= 15 is 0 Å². The molecule has 2 aromatic rings. The Morgan fingerprint density at radius 3 is 2.50 bits per heavy atom. The fourth-order valence-corrected chi connectivity index (χ4v) is 5.78. The summed E-state index contributed by atoms with van der Waals surface area (Å²) >= 11 is 4.98. The molecule has 1 aromatic heterocycles. The molecule has 0 bridgehead atoms. The first-order valence-corrected chi connectivity index (χ1v) is 15.1. The minimum absolute atomic E-state index is 0.0630. The zero-order valence-electron chi connectivity index (χ0n) is 22.6. The van der Waals surface area contributed by atoms with E-state index in [-0.39, 0.29) is 30.7 Å². The largest absolute Gasteiger partial charge is 0.391 e.